The normalized spacial score (nSPS) is 21.6. The fourth-order valence-corrected chi connectivity index (χ4v) is 4.15. The van der Waals surface area contributed by atoms with Gasteiger partial charge in [0.1, 0.15) is 5.82 Å². The van der Waals surface area contributed by atoms with Gasteiger partial charge in [0.05, 0.1) is 6.42 Å². The van der Waals surface area contributed by atoms with Crippen molar-refractivity contribution in [1.82, 2.24) is 9.88 Å². The van der Waals surface area contributed by atoms with Gasteiger partial charge in [-0.15, -0.1) is 0 Å². The van der Waals surface area contributed by atoms with E-state index in [1.807, 2.05) is 6.07 Å². The number of piperidine rings is 1. The van der Waals surface area contributed by atoms with Crippen molar-refractivity contribution >= 4 is 5.97 Å². The highest BCUT2D eigenvalue weighted by molar-refractivity contribution is 5.77. The molecule has 0 unspecified atom stereocenters. The zero-order valence-electron chi connectivity index (χ0n) is 13.7. The van der Waals surface area contributed by atoms with Gasteiger partial charge in [-0.05, 0) is 42.1 Å². The Balaban J connectivity index is 1.87. The van der Waals surface area contributed by atoms with Crippen molar-refractivity contribution in [3.05, 3.63) is 57.8 Å². The summed E-state index contributed by atoms with van der Waals surface area (Å²) in [5.74, 6) is -0.847. The lowest BCUT2D eigenvalue weighted by Crippen LogP contribution is -2.44. The largest absolute Gasteiger partial charge is 0.481 e. The van der Waals surface area contributed by atoms with Crippen molar-refractivity contribution < 1.29 is 14.3 Å². The third kappa shape index (κ3) is 2.87. The molecule has 1 saturated heterocycles. The van der Waals surface area contributed by atoms with Crippen LogP contribution in [-0.4, -0.2) is 28.7 Å². The Bertz CT molecular complexity index is 906. The number of nitrogens with zero attached hydrogens (tertiary/aromatic N) is 1. The predicted molar refractivity (Wildman–Crippen MR) is 91.2 cm³/mol. The second kappa shape index (κ2) is 6.11. The first-order valence-electron chi connectivity index (χ1n) is 8.48. The molecule has 1 aromatic heterocycles. The van der Waals surface area contributed by atoms with Crippen LogP contribution in [0, 0.1) is 11.7 Å². The van der Waals surface area contributed by atoms with E-state index in [2.05, 4.69) is 5.32 Å². The van der Waals surface area contributed by atoms with Gasteiger partial charge in [0.15, 0.2) is 0 Å². The van der Waals surface area contributed by atoms with E-state index in [9.17, 15) is 14.0 Å². The molecule has 0 saturated carbocycles. The molecule has 2 aromatic rings. The highest BCUT2D eigenvalue weighted by Crippen LogP contribution is 2.35. The van der Waals surface area contributed by atoms with Crippen LogP contribution in [-0.2, 0) is 17.8 Å². The molecule has 130 valence electrons. The van der Waals surface area contributed by atoms with Gasteiger partial charge in [-0.2, -0.15) is 0 Å². The number of fused-ring (bicyclic) bond motifs is 4. The first-order valence-corrected chi connectivity index (χ1v) is 8.48. The number of aromatic nitrogens is 1. The number of benzene rings is 1. The summed E-state index contributed by atoms with van der Waals surface area (Å²) in [7, 11) is 0. The summed E-state index contributed by atoms with van der Waals surface area (Å²) in [4.78, 5) is 23.7. The molecule has 2 atom stereocenters. The molecule has 3 heterocycles. The molecule has 0 amide bonds. The zero-order chi connectivity index (χ0) is 17.6. The van der Waals surface area contributed by atoms with Gasteiger partial charge in [0.25, 0.3) is 5.56 Å². The molecule has 25 heavy (non-hydrogen) atoms. The number of hydrogen-bond donors (Lipinski definition) is 2. The van der Waals surface area contributed by atoms with Gasteiger partial charge in [-0.1, -0.05) is 12.1 Å². The molecule has 0 aliphatic carbocycles. The molecule has 2 aliphatic heterocycles. The molecule has 5 nitrogen and oxygen atoms in total. The molecule has 2 aliphatic rings. The number of nitrogens with one attached hydrogen (secondary N) is 1. The maximum atomic E-state index is 14.5. The molecule has 4 rings (SSSR count). The quantitative estimate of drug-likeness (QED) is 0.895. The molecule has 1 fully saturated rings. The average Bonchev–Trinajstić information content (AvgIpc) is 2.56. The van der Waals surface area contributed by atoms with Gasteiger partial charge in [-0.25, -0.2) is 4.39 Å². The van der Waals surface area contributed by atoms with Gasteiger partial charge in [0.2, 0.25) is 0 Å². The summed E-state index contributed by atoms with van der Waals surface area (Å²) in [5, 5.41) is 12.5. The Hall–Kier alpha value is -2.47. The third-order valence-corrected chi connectivity index (χ3v) is 5.19. The summed E-state index contributed by atoms with van der Waals surface area (Å²) in [6, 6.07) is 7.69. The fourth-order valence-electron chi connectivity index (χ4n) is 4.15. The molecule has 2 N–H and O–H groups in total. The van der Waals surface area contributed by atoms with E-state index < -0.39 is 11.8 Å². The first-order chi connectivity index (χ1) is 12.0. The van der Waals surface area contributed by atoms with Crippen molar-refractivity contribution in [3.8, 4) is 11.1 Å². The minimum absolute atomic E-state index is 0.145. The number of carboxylic acids is 1. The summed E-state index contributed by atoms with van der Waals surface area (Å²) >= 11 is 0. The van der Waals surface area contributed by atoms with E-state index >= 15 is 0 Å². The number of carboxylic acid groups (broad SMARTS) is 1. The summed E-state index contributed by atoms with van der Waals surface area (Å²) in [6.07, 6.45) is 0.744. The molecule has 1 aromatic carbocycles. The minimum Gasteiger partial charge on any atom is -0.481 e. The summed E-state index contributed by atoms with van der Waals surface area (Å²) in [6.45, 7) is 2.40. The highest BCUT2D eigenvalue weighted by atomic mass is 19.1. The van der Waals surface area contributed by atoms with Gasteiger partial charge >= 0.3 is 5.97 Å². The van der Waals surface area contributed by atoms with Crippen molar-refractivity contribution in [2.75, 3.05) is 13.1 Å². The molecular weight excluding hydrogens is 323 g/mol. The van der Waals surface area contributed by atoms with Crippen LogP contribution in [0.2, 0.25) is 0 Å². The van der Waals surface area contributed by atoms with Crippen molar-refractivity contribution in [2.24, 2.45) is 5.92 Å². The third-order valence-electron chi connectivity index (χ3n) is 5.19. The van der Waals surface area contributed by atoms with Crippen molar-refractivity contribution in [1.29, 1.82) is 0 Å². The van der Waals surface area contributed by atoms with Crippen LogP contribution in [0.4, 0.5) is 4.39 Å². The van der Waals surface area contributed by atoms with Crippen LogP contribution in [0.25, 0.3) is 11.1 Å². The van der Waals surface area contributed by atoms with Crippen molar-refractivity contribution in [3.63, 3.8) is 0 Å². The van der Waals surface area contributed by atoms with E-state index in [0.29, 0.717) is 23.6 Å². The standard InChI is InChI=1S/C19H19FN2O3/c20-15-3-1-2-12(7-18(24)25)19(15)13-5-16-14-4-11(8-21-9-14)10-22(16)17(23)6-13/h1-3,5-6,11,14,21H,4,7-10H2,(H,24,25)/t11-,14+/m0/s1. The van der Waals surface area contributed by atoms with Gasteiger partial charge in [0, 0.05) is 36.3 Å². The van der Waals surface area contributed by atoms with E-state index in [1.165, 1.54) is 18.2 Å². The SMILES string of the molecule is O=C(O)Cc1cccc(F)c1-c1cc2n(c(=O)c1)C[C@@H]1CNC[C@H]2C1. The Morgan fingerprint density at radius 1 is 1.32 bits per heavy atom. The number of halogens is 1. The van der Waals surface area contributed by atoms with E-state index in [-0.39, 0.29) is 23.5 Å². The highest BCUT2D eigenvalue weighted by Gasteiger charge is 2.31. The monoisotopic (exact) mass is 342 g/mol. The molecule has 0 spiro atoms. The Kier molecular flexibility index (Phi) is 3.92. The summed E-state index contributed by atoms with van der Waals surface area (Å²) in [5.41, 5.74) is 1.84. The lowest BCUT2D eigenvalue weighted by Gasteiger charge is -2.37. The topological polar surface area (TPSA) is 71.3 Å². The smallest absolute Gasteiger partial charge is 0.307 e. The van der Waals surface area contributed by atoms with Crippen LogP contribution < -0.4 is 10.9 Å². The second-order valence-corrected chi connectivity index (χ2v) is 6.92. The number of hydrogen-bond acceptors (Lipinski definition) is 3. The lowest BCUT2D eigenvalue weighted by molar-refractivity contribution is -0.136. The van der Waals surface area contributed by atoms with E-state index in [1.54, 1.807) is 10.6 Å². The van der Waals surface area contributed by atoms with Crippen LogP contribution in [0.5, 0.6) is 0 Å². The van der Waals surface area contributed by atoms with Gasteiger partial charge in [-0.3, -0.25) is 9.59 Å². The number of rotatable bonds is 3. The van der Waals surface area contributed by atoms with E-state index in [0.717, 1.165) is 25.2 Å². The maximum Gasteiger partial charge on any atom is 0.307 e. The fraction of sp³-hybridized carbons (Fsp3) is 0.368. The number of aliphatic carboxylic acids is 1. The van der Waals surface area contributed by atoms with Crippen LogP contribution >= 0.6 is 0 Å². The molecule has 6 heteroatoms. The van der Waals surface area contributed by atoms with E-state index in [4.69, 9.17) is 5.11 Å². The maximum absolute atomic E-state index is 14.5. The molecular formula is C19H19FN2O3. The summed E-state index contributed by atoms with van der Waals surface area (Å²) < 4.78 is 16.3. The first kappa shape index (κ1) is 16.0. The minimum atomic E-state index is -1.03. The second-order valence-electron chi connectivity index (χ2n) is 6.92. The Morgan fingerprint density at radius 2 is 2.16 bits per heavy atom. The van der Waals surface area contributed by atoms with Crippen LogP contribution in [0.3, 0.4) is 0 Å². The Labute approximate surface area is 144 Å². The molecule has 2 bridgehead atoms. The van der Waals surface area contributed by atoms with Crippen LogP contribution in [0.1, 0.15) is 23.6 Å². The molecule has 0 radical (unpaired) electrons. The van der Waals surface area contributed by atoms with Crippen LogP contribution in [0.15, 0.2) is 35.1 Å². The average molecular weight is 342 g/mol. The lowest BCUT2D eigenvalue weighted by atomic mass is 9.83. The Morgan fingerprint density at radius 3 is 2.96 bits per heavy atom. The zero-order valence-corrected chi connectivity index (χ0v) is 13.7. The van der Waals surface area contributed by atoms with Crippen molar-refractivity contribution in [2.45, 2.75) is 25.3 Å². The number of pyridine rings is 1. The predicted octanol–water partition coefficient (Wildman–Crippen LogP) is 1.99. The number of carbonyl (C=O) groups is 1. The van der Waals surface area contributed by atoms with Gasteiger partial charge < -0.3 is 15.0 Å².